The van der Waals surface area contributed by atoms with Gasteiger partial charge in [-0.1, -0.05) is 28.1 Å². The van der Waals surface area contributed by atoms with E-state index in [-0.39, 0.29) is 18.4 Å². The molecule has 0 bridgehead atoms. The lowest BCUT2D eigenvalue weighted by atomic mass is 10.1. The molecule has 2 aromatic rings. The molecule has 0 unspecified atom stereocenters. The molecule has 4 nitrogen and oxygen atoms in total. The normalized spacial score (nSPS) is 11.7. The first-order valence-corrected chi connectivity index (χ1v) is 8.23. The van der Waals surface area contributed by atoms with Crippen LogP contribution in [0.15, 0.2) is 46.9 Å². The molecule has 132 valence electrons. The van der Waals surface area contributed by atoms with Crippen molar-refractivity contribution in [1.29, 1.82) is 0 Å². The van der Waals surface area contributed by atoms with Crippen molar-refractivity contribution in [3.63, 3.8) is 0 Å². The van der Waals surface area contributed by atoms with E-state index in [0.29, 0.717) is 0 Å². The van der Waals surface area contributed by atoms with Crippen molar-refractivity contribution in [2.75, 3.05) is 7.11 Å². The zero-order chi connectivity index (χ0) is 18.4. The first kappa shape index (κ1) is 19.1. The molecule has 0 saturated heterocycles. The molecule has 2 rings (SSSR count). The van der Waals surface area contributed by atoms with Crippen molar-refractivity contribution in [1.82, 2.24) is 5.32 Å². The molecular weight excluding hydrogens is 396 g/mol. The summed E-state index contributed by atoms with van der Waals surface area (Å²) in [5.41, 5.74) is 1.00. The Bertz CT molecular complexity index is 762. The Morgan fingerprint density at radius 2 is 1.80 bits per heavy atom. The Morgan fingerprint density at radius 1 is 1.12 bits per heavy atom. The molecule has 0 fully saturated rings. The van der Waals surface area contributed by atoms with Gasteiger partial charge in [0.1, 0.15) is 17.7 Å². The average Bonchev–Trinajstić information content (AvgIpc) is 2.52. The largest absolute Gasteiger partial charge is 0.467 e. The van der Waals surface area contributed by atoms with Crippen LogP contribution >= 0.6 is 15.9 Å². The third kappa shape index (κ3) is 5.94. The van der Waals surface area contributed by atoms with Crippen molar-refractivity contribution in [3.05, 3.63) is 69.7 Å². The topological polar surface area (TPSA) is 55.4 Å². The smallest absolute Gasteiger partial charge is 0.328 e. The van der Waals surface area contributed by atoms with Gasteiger partial charge in [-0.05, 0) is 35.4 Å². The number of hydrogen-bond donors (Lipinski definition) is 1. The number of carbonyl (C=O) groups excluding carboxylic acids is 2. The molecule has 1 amide bonds. The molecular formula is C18H16BrF2NO3. The number of halogens is 3. The van der Waals surface area contributed by atoms with Crippen LogP contribution in [-0.2, 0) is 27.2 Å². The summed E-state index contributed by atoms with van der Waals surface area (Å²) in [6.45, 7) is 0. The van der Waals surface area contributed by atoms with E-state index in [1.807, 2.05) is 24.3 Å². The molecule has 0 aliphatic rings. The van der Waals surface area contributed by atoms with Crippen LogP contribution in [-0.4, -0.2) is 25.0 Å². The Labute approximate surface area is 152 Å². The standard InChI is InChI=1S/C18H16BrF2NO3/c1-25-18(24)16(8-11-3-2-4-13(19)5-11)22-17(23)9-12-6-14(20)10-15(21)7-12/h2-7,10,16H,8-9H2,1H3,(H,22,23)/t16-/m0/s1. The number of esters is 1. The van der Waals surface area contributed by atoms with Gasteiger partial charge < -0.3 is 10.1 Å². The van der Waals surface area contributed by atoms with E-state index in [4.69, 9.17) is 4.74 Å². The highest BCUT2D eigenvalue weighted by molar-refractivity contribution is 9.10. The lowest BCUT2D eigenvalue weighted by Crippen LogP contribution is -2.43. The third-order valence-corrected chi connectivity index (χ3v) is 3.93. The molecule has 25 heavy (non-hydrogen) atoms. The summed E-state index contributed by atoms with van der Waals surface area (Å²) in [6, 6.07) is 9.27. The zero-order valence-electron chi connectivity index (χ0n) is 13.4. The van der Waals surface area contributed by atoms with Crippen molar-refractivity contribution in [3.8, 4) is 0 Å². The van der Waals surface area contributed by atoms with Crippen molar-refractivity contribution in [2.24, 2.45) is 0 Å². The van der Waals surface area contributed by atoms with Gasteiger partial charge in [0.05, 0.1) is 13.5 Å². The molecule has 0 saturated carbocycles. The highest BCUT2D eigenvalue weighted by Gasteiger charge is 2.22. The van der Waals surface area contributed by atoms with Crippen LogP contribution in [0.4, 0.5) is 8.78 Å². The fourth-order valence-electron chi connectivity index (χ4n) is 2.38. The minimum Gasteiger partial charge on any atom is -0.467 e. The van der Waals surface area contributed by atoms with E-state index in [0.717, 1.165) is 28.2 Å². The van der Waals surface area contributed by atoms with Gasteiger partial charge in [-0.25, -0.2) is 13.6 Å². The summed E-state index contributed by atoms with van der Waals surface area (Å²) in [5.74, 6) is -2.66. The van der Waals surface area contributed by atoms with E-state index in [1.54, 1.807) is 0 Å². The SMILES string of the molecule is COC(=O)[C@H](Cc1cccc(Br)c1)NC(=O)Cc1cc(F)cc(F)c1. The summed E-state index contributed by atoms with van der Waals surface area (Å²) in [4.78, 5) is 24.1. The van der Waals surface area contributed by atoms with E-state index in [1.165, 1.54) is 7.11 Å². The number of rotatable bonds is 6. The second-order valence-electron chi connectivity index (χ2n) is 5.43. The summed E-state index contributed by atoms with van der Waals surface area (Å²) >= 11 is 3.34. The summed E-state index contributed by atoms with van der Waals surface area (Å²) < 4.78 is 32.0. The van der Waals surface area contributed by atoms with Crippen LogP contribution < -0.4 is 5.32 Å². The molecule has 2 aromatic carbocycles. The lowest BCUT2D eigenvalue weighted by molar-refractivity contribution is -0.145. The third-order valence-electron chi connectivity index (χ3n) is 3.44. The number of benzene rings is 2. The number of methoxy groups -OCH3 is 1. The Morgan fingerprint density at radius 3 is 2.40 bits per heavy atom. The van der Waals surface area contributed by atoms with Crippen LogP contribution in [0.2, 0.25) is 0 Å². The second-order valence-corrected chi connectivity index (χ2v) is 6.35. The van der Waals surface area contributed by atoms with E-state index >= 15 is 0 Å². The minimum atomic E-state index is -0.898. The molecule has 0 heterocycles. The first-order chi connectivity index (χ1) is 11.9. The van der Waals surface area contributed by atoms with Crippen LogP contribution in [0.1, 0.15) is 11.1 Å². The molecule has 0 aromatic heterocycles. The average molecular weight is 412 g/mol. The molecule has 0 aliphatic carbocycles. The number of carbonyl (C=O) groups is 2. The second kappa shape index (κ2) is 8.71. The summed E-state index contributed by atoms with van der Waals surface area (Å²) in [6.07, 6.45) is -0.0178. The van der Waals surface area contributed by atoms with E-state index in [9.17, 15) is 18.4 Å². The number of nitrogens with one attached hydrogen (secondary N) is 1. The first-order valence-electron chi connectivity index (χ1n) is 7.44. The van der Waals surface area contributed by atoms with Gasteiger partial charge in [0.25, 0.3) is 0 Å². The number of hydrogen-bond acceptors (Lipinski definition) is 3. The maximum Gasteiger partial charge on any atom is 0.328 e. The molecule has 1 atom stereocenters. The van der Waals surface area contributed by atoms with Gasteiger partial charge >= 0.3 is 5.97 Å². The minimum absolute atomic E-state index is 0.182. The van der Waals surface area contributed by atoms with Crippen LogP contribution in [0.25, 0.3) is 0 Å². The molecule has 7 heteroatoms. The summed E-state index contributed by atoms with van der Waals surface area (Å²) in [7, 11) is 1.23. The fourth-order valence-corrected chi connectivity index (χ4v) is 2.83. The van der Waals surface area contributed by atoms with Gasteiger partial charge in [-0.2, -0.15) is 0 Å². The van der Waals surface area contributed by atoms with Gasteiger partial charge in [0.15, 0.2) is 0 Å². The van der Waals surface area contributed by atoms with Crippen molar-refractivity contribution in [2.45, 2.75) is 18.9 Å². The highest BCUT2D eigenvalue weighted by Crippen LogP contribution is 2.14. The molecule has 0 radical (unpaired) electrons. The Balaban J connectivity index is 2.08. The van der Waals surface area contributed by atoms with E-state index < -0.39 is 29.6 Å². The quantitative estimate of drug-likeness (QED) is 0.742. The maximum absolute atomic E-state index is 13.2. The summed E-state index contributed by atoms with van der Waals surface area (Å²) in [5, 5.41) is 2.55. The predicted octanol–water partition coefficient (Wildman–Crippen LogP) is 3.17. The van der Waals surface area contributed by atoms with Crippen LogP contribution in [0, 0.1) is 11.6 Å². The van der Waals surface area contributed by atoms with Gasteiger partial charge in [0.2, 0.25) is 5.91 Å². The molecule has 0 aliphatic heterocycles. The number of amides is 1. The maximum atomic E-state index is 13.2. The van der Waals surface area contributed by atoms with Crippen LogP contribution in [0.5, 0.6) is 0 Å². The Kier molecular flexibility index (Phi) is 6.64. The van der Waals surface area contributed by atoms with Gasteiger partial charge in [-0.15, -0.1) is 0 Å². The Hall–Kier alpha value is -2.28. The van der Waals surface area contributed by atoms with Crippen molar-refractivity contribution >= 4 is 27.8 Å². The molecule has 1 N–H and O–H groups in total. The van der Waals surface area contributed by atoms with Crippen molar-refractivity contribution < 1.29 is 23.1 Å². The predicted molar refractivity (Wildman–Crippen MR) is 91.9 cm³/mol. The number of ether oxygens (including phenoxy) is 1. The van der Waals surface area contributed by atoms with Gasteiger partial charge in [-0.3, -0.25) is 4.79 Å². The lowest BCUT2D eigenvalue weighted by Gasteiger charge is -2.17. The highest BCUT2D eigenvalue weighted by atomic mass is 79.9. The van der Waals surface area contributed by atoms with Crippen LogP contribution in [0.3, 0.4) is 0 Å². The van der Waals surface area contributed by atoms with E-state index in [2.05, 4.69) is 21.2 Å². The molecule has 0 spiro atoms. The fraction of sp³-hybridized carbons (Fsp3) is 0.222. The van der Waals surface area contributed by atoms with Gasteiger partial charge in [0, 0.05) is 17.0 Å². The monoisotopic (exact) mass is 411 g/mol. The zero-order valence-corrected chi connectivity index (χ0v) is 15.0.